The summed E-state index contributed by atoms with van der Waals surface area (Å²) in [6.45, 7) is 3.67. The van der Waals surface area contributed by atoms with E-state index in [1.165, 1.54) is 0 Å². The molecule has 0 amide bonds. The number of fused-ring (bicyclic) bond motifs is 1. The van der Waals surface area contributed by atoms with Gasteiger partial charge in [-0.1, -0.05) is 18.2 Å². The van der Waals surface area contributed by atoms with Crippen LogP contribution in [0.5, 0.6) is 0 Å². The number of para-hydroxylation sites is 1. The Morgan fingerprint density at radius 3 is 2.89 bits per heavy atom. The van der Waals surface area contributed by atoms with E-state index < -0.39 is 5.41 Å². The van der Waals surface area contributed by atoms with Crippen molar-refractivity contribution in [2.24, 2.45) is 0 Å². The number of benzene rings is 1. The molecule has 0 unspecified atom stereocenters. The molecule has 0 bridgehead atoms. The third-order valence-electron chi connectivity index (χ3n) is 3.22. The maximum atomic E-state index is 9.13. The van der Waals surface area contributed by atoms with Crippen molar-refractivity contribution in [3.63, 3.8) is 0 Å². The Bertz CT molecular complexity index is 774. The lowest BCUT2D eigenvalue weighted by Crippen LogP contribution is -2.15. The van der Waals surface area contributed by atoms with E-state index in [9.17, 15) is 0 Å². The molecule has 0 aliphatic heterocycles. The van der Waals surface area contributed by atoms with Gasteiger partial charge in [0.05, 0.1) is 18.0 Å². The van der Waals surface area contributed by atoms with Crippen LogP contribution in [0.4, 0.5) is 0 Å². The van der Waals surface area contributed by atoms with Gasteiger partial charge >= 0.3 is 0 Å². The highest BCUT2D eigenvalue weighted by Gasteiger charge is 2.24. The zero-order valence-corrected chi connectivity index (χ0v) is 10.8. The molecule has 1 aromatic carbocycles. The van der Waals surface area contributed by atoms with Crippen LogP contribution in [-0.4, -0.2) is 9.97 Å². The lowest BCUT2D eigenvalue weighted by atomic mass is 9.95. The van der Waals surface area contributed by atoms with Crippen LogP contribution < -0.4 is 0 Å². The lowest BCUT2D eigenvalue weighted by Gasteiger charge is -2.10. The van der Waals surface area contributed by atoms with Crippen LogP contribution in [0.25, 0.3) is 22.2 Å². The molecule has 4 nitrogen and oxygen atoms in total. The van der Waals surface area contributed by atoms with Crippen molar-refractivity contribution < 1.29 is 4.42 Å². The minimum absolute atomic E-state index is 0.627. The van der Waals surface area contributed by atoms with Crippen LogP contribution in [0.1, 0.15) is 19.7 Å². The molecule has 3 aromatic rings. The topological polar surface area (TPSA) is 65.6 Å². The Kier molecular flexibility index (Phi) is 2.42. The van der Waals surface area contributed by atoms with Crippen molar-refractivity contribution in [3.05, 3.63) is 42.5 Å². The number of furan rings is 1. The summed E-state index contributed by atoms with van der Waals surface area (Å²) in [5.41, 5.74) is 2.04. The predicted molar refractivity (Wildman–Crippen MR) is 72.4 cm³/mol. The van der Waals surface area contributed by atoms with E-state index in [0.29, 0.717) is 5.82 Å². The molecule has 0 atom stereocenters. The Labute approximate surface area is 110 Å². The van der Waals surface area contributed by atoms with Gasteiger partial charge in [0.1, 0.15) is 23.1 Å². The average Bonchev–Trinajstić information content (AvgIpc) is 3.05. The van der Waals surface area contributed by atoms with Gasteiger partial charge in [0.25, 0.3) is 0 Å². The summed E-state index contributed by atoms with van der Waals surface area (Å²) < 4.78 is 5.51. The van der Waals surface area contributed by atoms with Crippen LogP contribution in [-0.2, 0) is 5.41 Å². The molecular formula is C15H13N3O. The second-order valence-electron chi connectivity index (χ2n) is 5.03. The number of hydrogen-bond donors (Lipinski definition) is 1. The van der Waals surface area contributed by atoms with E-state index in [1.54, 1.807) is 12.5 Å². The molecule has 2 aromatic heterocycles. The summed E-state index contributed by atoms with van der Waals surface area (Å²) in [6, 6.07) is 10.1. The van der Waals surface area contributed by atoms with Crippen molar-refractivity contribution in [3.8, 4) is 17.3 Å². The number of hydrogen-bond acceptors (Lipinski definition) is 3. The van der Waals surface area contributed by atoms with Crippen LogP contribution >= 0.6 is 0 Å². The molecule has 0 spiro atoms. The highest BCUT2D eigenvalue weighted by molar-refractivity contribution is 5.92. The van der Waals surface area contributed by atoms with Crippen LogP contribution in [0.2, 0.25) is 0 Å². The van der Waals surface area contributed by atoms with Crippen molar-refractivity contribution in [2.75, 3.05) is 0 Å². The second kappa shape index (κ2) is 3.99. The smallest absolute Gasteiger partial charge is 0.134 e. The molecule has 0 saturated carbocycles. The number of nitriles is 1. The maximum Gasteiger partial charge on any atom is 0.134 e. The molecule has 0 radical (unpaired) electrons. The maximum absolute atomic E-state index is 9.13. The number of rotatable bonds is 2. The third-order valence-corrected chi connectivity index (χ3v) is 3.22. The van der Waals surface area contributed by atoms with E-state index >= 15 is 0 Å². The number of nitrogens with one attached hydrogen (secondary N) is 1. The Morgan fingerprint density at radius 2 is 2.11 bits per heavy atom. The summed E-state index contributed by atoms with van der Waals surface area (Å²) in [5, 5.41) is 10.2. The first-order valence-electron chi connectivity index (χ1n) is 6.05. The van der Waals surface area contributed by atoms with Crippen molar-refractivity contribution in [2.45, 2.75) is 19.3 Å². The van der Waals surface area contributed by atoms with Crippen LogP contribution in [0.3, 0.4) is 0 Å². The number of aromatic nitrogens is 2. The fraction of sp³-hybridized carbons (Fsp3) is 0.200. The highest BCUT2D eigenvalue weighted by atomic mass is 16.3. The van der Waals surface area contributed by atoms with Gasteiger partial charge in [-0.25, -0.2) is 4.98 Å². The Balaban J connectivity index is 2.11. The fourth-order valence-electron chi connectivity index (χ4n) is 2.02. The van der Waals surface area contributed by atoms with E-state index in [0.717, 1.165) is 22.2 Å². The van der Waals surface area contributed by atoms with Crippen molar-refractivity contribution in [1.82, 2.24) is 9.97 Å². The molecular weight excluding hydrogens is 238 g/mol. The van der Waals surface area contributed by atoms with Crippen molar-refractivity contribution >= 4 is 11.0 Å². The zero-order valence-electron chi connectivity index (χ0n) is 10.8. The van der Waals surface area contributed by atoms with Gasteiger partial charge < -0.3 is 9.40 Å². The van der Waals surface area contributed by atoms with Crippen molar-refractivity contribution in [1.29, 1.82) is 5.26 Å². The monoisotopic (exact) mass is 251 g/mol. The van der Waals surface area contributed by atoms with E-state index in [4.69, 9.17) is 9.68 Å². The Hall–Kier alpha value is -2.54. The quantitative estimate of drug-likeness (QED) is 0.756. The van der Waals surface area contributed by atoms with Gasteiger partial charge in [0, 0.05) is 10.9 Å². The van der Waals surface area contributed by atoms with Gasteiger partial charge in [-0.15, -0.1) is 0 Å². The summed E-state index contributed by atoms with van der Waals surface area (Å²) in [5.74, 6) is 0.662. The first-order valence-corrected chi connectivity index (χ1v) is 6.05. The number of H-pyrrole nitrogens is 1. The van der Waals surface area contributed by atoms with Crippen LogP contribution in [0, 0.1) is 11.3 Å². The van der Waals surface area contributed by atoms with Gasteiger partial charge in [0.15, 0.2) is 0 Å². The standard InChI is InChI=1S/C15H13N3O/c1-15(2,9-16)14-17-7-12(18-14)11-8-19-13-6-4-3-5-10(11)13/h3-8H,1-2H3,(H,17,18). The largest absolute Gasteiger partial charge is 0.464 e. The van der Waals surface area contributed by atoms with E-state index in [2.05, 4.69) is 16.0 Å². The molecule has 1 N–H and O–H groups in total. The van der Waals surface area contributed by atoms with Crippen LogP contribution in [0.15, 0.2) is 41.1 Å². The molecule has 0 fully saturated rings. The summed E-state index contributed by atoms with van der Waals surface area (Å²) in [7, 11) is 0. The lowest BCUT2D eigenvalue weighted by molar-refractivity contribution is 0.616. The molecule has 0 aliphatic rings. The molecule has 3 rings (SSSR count). The summed E-state index contributed by atoms with van der Waals surface area (Å²) in [4.78, 5) is 7.51. The molecule has 19 heavy (non-hydrogen) atoms. The van der Waals surface area contributed by atoms with E-state index in [1.807, 2.05) is 38.1 Å². The minimum Gasteiger partial charge on any atom is -0.464 e. The highest BCUT2D eigenvalue weighted by Crippen LogP contribution is 2.30. The van der Waals surface area contributed by atoms with Gasteiger partial charge in [-0.3, -0.25) is 0 Å². The van der Waals surface area contributed by atoms with Gasteiger partial charge in [0.2, 0.25) is 0 Å². The number of imidazole rings is 1. The molecule has 0 saturated heterocycles. The molecule has 94 valence electrons. The predicted octanol–water partition coefficient (Wildman–Crippen LogP) is 3.62. The normalized spacial score (nSPS) is 11.6. The first-order chi connectivity index (χ1) is 9.12. The summed E-state index contributed by atoms with van der Waals surface area (Å²) in [6.07, 6.45) is 3.45. The number of nitrogens with zero attached hydrogens (tertiary/aromatic N) is 2. The summed E-state index contributed by atoms with van der Waals surface area (Å²) >= 11 is 0. The molecule has 4 heteroatoms. The zero-order chi connectivity index (χ0) is 13.5. The third kappa shape index (κ3) is 1.80. The fourth-order valence-corrected chi connectivity index (χ4v) is 2.02. The van der Waals surface area contributed by atoms with Gasteiger partial charge in [-0.2, -0.15) is 5.26 Å². The second-order valence-corrected chi connectivity index (χ2v) is 5.03. The van der Waals surface area contributed by atoms with Gasteiger partial charge in [-0.05, 0) is 19.9 Å². The minimum atomic E-state index is -0.627. The molecule has 2 heterocycles. The Morgan fingerprint density at radius 1 is 1.32 bits per heavy atom. The number of aromatic amines is 1. The molecule has 0 aliphatic carbocycles. The van der Waals surface area contributed by atoms with E-state index in [-0.39, 0.29) is 0 Å². The first kappa shape index (κ1) is 11.5. The SMILES string of the molecule is CC(C)(C#N)c1ncc(-c2coc3ccccc23)[nH]1. The average molecular weight is 251 g/mol.